The van der Waals surface area contributed by atoms with E-state index >= 15 is 0 Å². The second-order valence-corrected chi connectivity index (χ2v) is 5.13. The molecule has 1 heterocycles. The van der Waals surface area contributed by atoms with Crippen LogP contribution in [-0.2, 0) is 11.8 Å². The molecule has 2 unspecified atom stereocenters. The van der Waals surface area contributed by atoms with E-state index in [4.69, 9.17) is 0 Å². The molecule has 2 N–H and O–H groups in total. The lowest BCUT2D eigenvalue weighted by Gasteiger charge is -2.20. The highest BCUT2D eigenvalue weighted by Crippen LogP contribution is 2.10. The predicted octanol–water partition coefficient (Wildman–Crippen LogP) is 1.23. The van der Waals surface area contributed by atoms with Gasteiger partial charge in [0.25, 0.3) is 0 Å². The van der Waals surface area contributed by atoms with Crippen LogP contribution >= 0.6 is 0 Å². The van der Waals surface area contributed by atoms with Gasteiger partial charge in [-0.2, -0.15) is 5.10 Å². The maximum atomic E-state index is 11.8. The fourth-order valence-corrected chi connectivity index (χ4v) is 1.80. The molecule has 0 saturated carbocycles. The minimum atomic E-state index is -0.214. The van der Waals surface area contributed by atoms with Crippen LogP contribution in [0.5, 0.6) is 0 Å². The summed E-state index contributed by atoms with van der Waals surface area (Å²) in [6, 6.07) is 1.84. The molecule has 0 aromatic carbocycles. The summed E-state index contributed by atoms with van der Waals surface area (Å²) in [5.41, 5.74) is 1.07. The first-order valence-corrected chi connectivity index (χ1v) is 6.43. The highest BCUT2D eigenvalue weighted by atomic mass is 16.2. The van der Waals surface area contributed by atoms with Crippen molar-refractivity contribution >= 4 is 5.91 Å². The Labute approximate surface area is 109 Å². The van der Waals surface area contributed by atoms with Crippen molar-refractivity contribution in [2.24, 2.45) is 13.0 Å². The Kier molecular flexibility index (Phi) is 5.34. The lowest BCUT2D eigenvalue weighted by Crippen LogP contribution is -2.44. The van der Waals surface area contributed by atoms with E-state index in [1.165, 1.54) is 0 Å². The van der Waals surface area contributed by atoms with Crippen LogP contribution in [0.25, 0.3) is 0 Å². The highest BCUT2D eigenvalue weighted by Gasteiger charge is 2.17. The number of aryl methyl sites for hydroxylation is 1. The predicted molar refractivity (Wildman–Crippen MR) is 72.1 cm³/mol. The third kappa shape index (κ3) is 4.14. The maximum Gasteiger partial charge on any atom is 0.236 e. The van der Waals surface area contributed by atoms with E-state index in [1.807, 2.05) is 31.6 Å². The molecule has 0 aliphatic heterocycles. The van der Waals surface area contributed by atoms with Gasteiger partial charge in [-0.05, 0) is 25.8 Å². The molecule has 0 aliphatic carbocycles. The number of amides is 1. The second-order valence-electron chi connectivity index (χ2n) is 5.13. The molecule has 0 saturated heterocycles. The zero-order chi connectivity index (χ0) is 13.7. The van der Waals surface area contributed by atoms with Crippen LogP contribution in [0.15, 0.2) is 12.3 Å². The summed E-state index contributed by atoms with van der Waals surface area (Å²) in [6.07, 6.45) is 1.76. The Hall–Kier alpha value is -1.36. The van der Waals surface area contributed by atoms with E-state index < -0.39 is 0 Å². The highest BCUT2D eigenvalue weighted by molar-refractivity contribution is 5.81. The topological polar surface area (TPSA) is 59.0 Å². The number of nitrogens with one attached hydrogen (secondary N) is 2. The standard InChI is InChI=1S/C13H24N4O/c1-9(2)8-14-13(18)11(4)16-10(3)12-6-7-15-17(12)5/h6-7,9-11,16H,8H2,1-5H3,(H,14,18). The van der Waals surface area contributed by atoms with Gasteiger partial charge in [0.15, 0.2) is 0 Å². The molecule has 1 rings (SSSR count). The van der Waals surface area contributed by atoms with E-state index in [9.17, 15) is 4.79 Å². The fourth-order valence-electron chi connectivity index (χ4n) is 1.80. The van der Waals surface area contributed by atoms with E-state index in [2.05, 4.69) is 29.6 Å². The van der Waals surface area contributed by atoms with Crippen LogP contribution < -0.4 is 10.6 Å². The van der Waals surface area contributed by atoms with Crippen LogP contribution in [0.4, 0.5) is 0 Å². The Morgan fingerprint density at radius 1 is 1.39 bits per heavy atom. The molecule has 1 aromatic rings. The molecule has 0 radical (unpaired) electrons. The quantitative estimate of drug-likeness (QED) is 0.800. The average Bonchev–Trinajstić information content (AvgIpc) is 2.72. The number of hydrogen-bond acceptors (Lipinski definition) is 3. The number of hydrogen-bond donors (Lipinski definition) is 2. The molecule has 0 aliphatic rings. The van der Waals surface area contributed by atoms with Crippen LogP contribution in [0.1, 0.15) is 39.4 Å². The molecule has 1 aromatic heterocycles. The van der Waals surface area contributed by atoms with E-state index in [-0.39, 0.29) is 18.0 Å². The third-order valence-corrected chi connectivity index (χ3v) is 2.88. The SMILES string of the molecule is CC(C)CNC(=O)C(C)NC(C)c1ccnn1C. The van der Waals surface area contributed by atoms with E-state index in [0.29, 0.717) is 12.5 Å². The molecule has 102 valence electrons. The smallest absolute Gasteiger partial charge is 0.236 e. The Balaban J connectivity index is 2.47. The monoisotopic (exact) mass is 252 g/mol. The van der Waals surface area contributed by atoms with Crippen LogP contribution in [0, 0.1) is 5.92 Å². The summed E-state index contributed by atoms with van der Waals surface area (Å²) in [6.45, 7) is 8.78. The molecule has 0 spiro atoms. The molecule has 5 heteroatoms. The van der Waals surface area contributed by atoms with Gasteiger partial charge in [-0.3, -0.25) is 14.8 Å². The Morgan fingerprint density at radius 3 is 2.56 bits per heavy atom. The number of carbonyl (C=O) groups excluding carboxylic acids is 1. The van der Waals surface area contributed by atoms with Gasteiger partial charge >= 0.3 is 0 Å². The van der Waals surface area contributed by atoms with Crippen LogP contribution in [0.3, 0.4) is 0 Å². The maximum absolute atomic E-state index is 11.8. The van der Waals surface area contributed by atoms with Gasteiger partial charge in [0.1, 0.15) is 0 Å². The third-order valence-electron chi connectivity index (χ3n) is 2.88. The van der Waals surface area contributed by atoms with E-state index in [0.717, 1.165) is 5.69 Å². The summed E-state index contributed by atoms with van der Waals surface area (Å²) in [7, 11) is 1.90. The van der Waals surface area contributed by atoms with Crippen molar-refractivity contribution in [2.75, 3.05) is 6.54 Å². The minimum absolute atomic E-state index is 0.0396. The zero-order valence-electron chi connectivity index (χ0n) is 11.9. The van der Waals surface area contributed by atoms with Gasteiger partial charge in [0, 0.05) is 25.8 Å². The number of carbonyl (C=O) groups is 1. The Morgan fingerprint density at radius 2 is 2.06 bits per heavy atom. The first-order chi connectivity index (χ1) is 8.41. The summed E-state index contributed by atoms with van der Waals surface area (Å²) in [5.74, 6) is 0.508. The van der Waals surface area contributed by atoms with Crippen molar-refractivity contribution in [1.29, 1.82) is 0 Å². The van der Waals surface area contributed by atoms with Crippen molar-refractivity contribution in [3.63, 3.8) is 0 Å². The van der Waals surface area contributed by atoms with Gasteiger partial charge in [-0.15, -0.1) is 0 Å². The van der Waals surface area contributed by atoms with Gasteiger partial charge in [-0.1, -0.05) is 13.8 Å². The summed E-state index contributed by atoms with van der Waals surface area (Å²) in [4.78, 5) is 11.8. The van der Waals surface area contributed by atoms with Gasteiger partial charge in [0.05, 0.1) is 11.7 Å². The number of rotatable bonds is 6. The summed E-state index contributed by atoms with van der Waals surface area (Å²) >= 11 is 0. The molecular formula is C13H24N4O. The van der Waals surface area contributed by atoms with Gasteiger partial charge in [-0.25, -0.2) is 0 Å². The van der Waals surface area contributed by atoms with Crippen LogP contribution in [0.2, 0.25) is 0 Å². The van der Waals surface area contributed by atoms with Crippen LogP contribution in [-0.4, -0.2) is 28.3 Å². The second kappa shape index (κ2) is 6.54. The molecule has 18 heavy (non-hydrogen) atoms. The van der Waals surface area contributed by atoms with Crippen molar-refractivity contribution in [2.45, 2.75) is 39.8 Å². The number of aromatic nitrogens is 2. The Bertz CT molecular complexity index is 386. The fraction of sp³-hybridized carbons (Fsp3) is 0.692. The first kappa shape index (κ1) is 14.7. The lowest BCUT2D eigenvalue weighted by atomic mass is 10.2. The molecule has 0 bridgehead atoms. The summed E-state index contributed by atoms with van der Waals surface area (Å²) in [5, 5.41) is 10.3. The van der Waals surface area contributed by atoms with Crippen molar-refractivity contribution in [3.05, 3.63) is 18.0 Å². The average molecular weight is 252 g/mol. The molecule has 5 nitrogen and oxygen atoms in total. The van der Waals surface area contributed by atoms with Gasteiger partial charge < -0.3 is 5.32 Å². The minimum Gasteiger partial charge on any atom is -0.354 e. The van der Waals surface area contributed by atoms with E-state index in [1.54, 1.807) is 6.20 Å². The number of nitrogens with zero attached hydrogens (tertiary/aromatic N) is 2. The van der Waals surface area contributed by atoms with Gasteiger partial charge in [0.2, 0.25) is 5.91 Å². The largest absolute Gasteiger partial charge is 0.354 e. The first-order valence-electron chi connectivity index (χ1n) is 6.43. The molecule has 1 amide bonds. The van der Waals surface area contributed by atoms with Crippen molar-refractivity contribution < 1.29 is 4.79 Å². The summed E-state index contributed by atoms with van der Waals surface area (Å²) < 4.78 is 1.82. The normalized spacial score (nSPS) is 14.6. The van der Waals surface area contributed by atoms with Crippen molar-refractivity contribution in [3.8, 4) is 0 Å². The lowest BCUT2D eigenvalue weighted by molar-refractivity contribution is -0.123. The molecule has 2 atom stereocenters. The van der Waals surface area contributed by atoms with Crippen molar-refractivity contribution in [1.82, 2.24) is 20.4 Å². The zero-order valence-corrected chi connectivity index (χ0v) is 11.9. The molecule has 0 fully saturated rings. The molecular weight excluding hydrogens is 228 g/mol.